The first-order chi connectivity index (χ1) is 7.31. The third-order valence-electron chi connectivity index (χ3n) is 2.17. The van der Waals surface area contributed by atoms with Crippen LogP contribution < -0.4 is 0 Å². The van der Waals surface area contributed by atoms with Crippen LogP contribution in [0.25, 0.3) is 10.6 Å². The number of aliphatic hydroxyl groups excluding tert-OH is 1. The highest BCUT2D eigenvalue weighted by atomic mass is 32.1. The fourth-order valence-corrected chi connectivity index (χ4v) is 2.35. The molecule has 0 aliphatic carbocycles. The first-order valence-corrected chi connectivity index (χ1v) is 5.60. The molecule has 0 spiro atoms. The average Bonchev–Trinajstić information content (AvgIpc) is 2.63. The van der Waals surface area contributed by atoms with Crippen molar-refractivity contribution in [2.24, 2.45) is 0 Å². The molecule has 78 valence electrons. The fourth-order valence-electron chi connectivity index (χ4n) is 1.38. The summed E-state index contributed by atoms with van der Waals surface area (Å²) in [5.74, 6) is 0. The molecule has 1 N–H and O–H groups in total. The highest BCUT2D eigenvalue weighted by molar-refractivity contribution is 7.15. The monoisotopic (exact) mass is 220 g/mol. The maximum absolute atomic E-state index is 8.88. The number of aliphatic hydroxyl groups is 1. The molecule has 0 radical (unpaired) electrons. The largest absolute Gasteiger partial charge is 0.396 e. The molecule has 0 fully saturated rings. The molecule has 0 saturated heterocycles. The third kappa shape index (κ3) is 2.22. The smallest absolute Gasteiger partial charge is 0.123 e. The van der Waals surface area contributed by atoms with Crippen LogP contribution in [0.15, 0.2) is 24.5 Å². The number of pyridine rings is 1. The van der Waals surface area contributed by atoms with Crippen LogP contribution in [0.1, 0.15) is 10.6 Å². The number of hydrogen-bond acceptors (Lipinski definition) is 4. The molecule has 0 amide bonds. The molecule has 0 aliphatic rings. The van der Waals surface area contributed by atoms with Gasteiger partial charge in [-0.1, -0.05) is 0 Å². The maximum atomic E-state index is 8.88. The van der Waals surface area contributed by atoms with E-state index in [1.807, 2.05) is 19.1 Å². The third-order valence-corrected chi connectivity index (χ3v) is 3.23. The Kier molecular flexibility index (Phi) is 3.08. The highest BCUT2D eigenvalue weighted by Gasteiger charge is 2.08. The van der Waals surface area contributed by atoms with E-state index in [-0.39, 0.29) is 6.61 Å². The first kappa shape index (κ1) is 10.3. The van der Waals surface area contributed by atoms with Gasteiger partial charge in [-0.15, -0.1) is 11.3 Å². The van der Waals surface area contributed by atoms with Crippen molar-refractivity contribution in [3.63, 3.8) is 0 Å². The molecule has 2 heterocycles. The van der Waals surface area contributed by atoms with Gasteiger partial charge in [0, 0.05) is 35.9 Å². The Labute approximate surface area is 92.5 Å². The van der Waals surface area contributed by atoms with Gasteiger partial charge >= 0.3 is 0 Å². The molecule has 0 aromatic carbocycles. The molecular formula is C11H12N2OS. The number of thiazole rings is 1. The van der Waals surface area contributed by atoms with Crippen LogP contribution in [0.4, 0.5) is 0 Å². The number of hydrogen-bond donors (Lipinski definition) is 1. The van der Waals surface area contributed by atoms with Crippen molar-refractivity contribution in [2.45, 2.75) is 13.3 Å². The van der Waals surface area contributed by atoms with Gasteiger partial charge < -0.3 is 5.11 Å². The van der Waals surface area contributed by atoms with Crippen molar-refractivity contribution in [3.05, 3.63) is 35.1 Å². The van der Waals surface area contributed by atoms with Gasteiger partial charge in [-0.05, 0) is 19.1 Å². The fraction of sp³-hybridized carbons (Fsp3) is 0.273. The second kappa shape index (κ2) is 4.51. The molecule has 0 aliphatic heterocycles. The van der Waals surface area contributed by atoms with E-state index in [0.29, 0.717) is 6.42 Å². The molecule has 4 heteroatoms. The lowest BCUT2D eigenvalue weighted by atomic mass is 10.2. The molecular weight excluding hydrogens is 208 g/mol. The minimum absolute atomic E-state index is 0.153. The lowest BCUT2D eigenvalue weighted by Crippen LogP contribution is -1.92. The standard InChI is InChI=1S/C11H12N2OS/c1-8-10(4-7-14)13-11(15-8)9-2-5-12-6-3-9/h2-3,5-6,14H,4,7H2,1H3. The Balaban J connectivity index is 2.34. The minimum atomic E-state index is 0.153. The van der Waals surface area contributed by atoms with Crippen molar-refractivity contribution < 1.29 is 5.11 Å². The van der Waals surface area contributed by atoms with Gasteiger partial charge in [0.2, 0.25) is 0 Å². The van der Waals surface area contributed by atoms with Crippen LogP contribution in [0, 0.1) is 6.92 Å². The van der Waals surface area contributed by atoms with Crippen molar-refractivity contribution in [1.29, 1.82) is 0 Å². The Hall–Kier alpha value is -1.26. The second-order valence-electron chi connectivity index (χ2n) is 3.23. The Bertz CT molecular complexity index is 439. The maximum Gasteiger partial charge on any atom is 0.123 e. The Morgan fingerprint density at radius 3 is 2.73 bits per heavy atom. The molecule has 2 rings (SSSR count). The molecule has 2 aromatic rings. The van der Waals surface area contributed by atoms with E-state index in [9.17, 15) is 0 Å². The predicted molar refractivity (Wildman–Crippen MR) is 60.9 cm³/mol. The van der Waals surface area contributed by atoms with Gasteiger partial charge in [-0.3, -0.25) is 4.98 Å². The number of aryl methyl sites for hydroxylation is 1. The summed E-state index contributed by atoms with van der Waals surface area (Å²) >= 11 is 1.66. The van der Waals surface area contributed by atoms with Gasteiger partial charge in [0.05, 0.1) is 5.69 Å². The van der Waals surface area contributed by atoms with Gasteiger partial charge in [0.25, 0.3) is 0 Å². The zero-order chi connectivity index (χ0) is 10.7. The van der Waals surface area contributed by atoms with E-state index in [2.05, 4.69) is 9.97 Å². The van der Waals surface area contributed by atoms with E-state index in [1.54, 1.807) is 23.7 Å². The molecule has 15 heavy (non-hydrogen) atoms. The van der Waals surface area contributed by atoms with Crippen LogP contribution >= 0.6 is 11.3 Å². The topological polar surface area (TPSA) is 46.0 Å². The molecule has 0 unspecified atom stereocenters. The number of nitrogens with zero attached hydrogens (tertiary/aromatic N) is 2. The van der Waals surface area contributed by atoms with Crippen LogP contribution in [-0.4, -0.2) is 21.7 Å². The van der Waals surface area contributed by atoms with Crippen molar-refractivity contribution in [2.75, 3.05) is 6.61 Å². The van der Waals surface area contributed by atoms with Crippen LogP contribution in [-0.2, 0) is 6.42 Å². The molecule has 0 saturated carbocycles. The predicted octanol–water partition coefficient (Wildman–Crippen LogP) is 2.05. The van der Waals surface area contributed by atoms with E-state index < -0.39 is 0 Å². The first-order valence-electron chi connectivity index (χ1n) is 4.79. The molecule has 0 bridgehead atoms. The summed E-state index contributed by atoms with van der Waals surface area (Å²) in [6.07, 6.45) is 4.16. The summed E-state index contributed by atoms with van der Waals surface area (Å²) < 4.78 is 0. The second-order valence-corrected chi connectivity index (χ2v) is 4.43. The SMILES string of the molecule is Cc1sc(-c2ccncc2)nc1CCO. The van der Waals surface area contributed by atoms with E-state index in [4.69, 9.17) is 5.11 Å². The molecule has 2 aromatic heterocycles. The van der Waals surface area contributed by atoms with Crippen LogP contribution in [0.5, 0.6) is 0 Å². The van der Waals surface area contributed by atoms with Gasteiger partial charge in [0.1, 0.15) is 5.01 Å². The lowest BCUT2D eigenvalue weighted by molar-refractivity contribution is 0.298. The quantitative estimate of drug-likeness (QED) is 0.861. The van der Waals surface area contributed by atoms with E-state index in [1.165, 1.54) is 4.88 Å². The average molecular weight is 220 g/mol. The highest BCUT2D eigenvalue weighted by Crippen LogP contribution is 2.27. The summed E-state index contributed by atoms with van der Waals surface area (Å²) in [5.41, 5.74) is 2.08. The van der Waals surface area contributed by atoms with Crippen molar-refractivity contribution >= 4 is 11.3 Å². The summed E-state index contributed by atoms with van der Waals surface area (Å²) in [7, 11) is 0. The summed E-state index contributed by atoms with van der Waals surface area (Å²) in [6, 6.07) is 3.89. The van der Waals surface area contributed by atoms with Gasteiger partial charge in [0.15, 0.2) is 0 Å². The Morgan fingerprint density at radius 1 is 1.33 bits per heavy atom. The number of aromatic nitrogens is 2. The lowest BCUT2D eigenvalue weighted by Gasteiger charge is -1.93. The normalized spacial score (nSPS) is 10.5. The zero-order valence-corrected chi connectivity index (χ0v) is 9.29. The number of rotatable bonds is 3. The molecule has 0 atom stereocenters. The summed E-state index contributed by atoms with van der Waals surface area (Å²) in [6.45, 7) is 2.19. The summed E-state index contributed by atoms with van der Waals surface area (Å²) in [4.78, 5) is 9.65. The minimum Gasteiger partial charge on any atom is -0.396 e. The van der Waals surface area contributed by atoms with Gasteiger partial charge in [-0.2, -0.15) is 0 Å². The van der Waals surface area contributed by atoms with E-state index >= 15 is 0 Å². The summed E-state index contributed by atoms with van der Waals surface area (Å²) in [5, 5.41) is 9.88. The van der Waals surface area contributed by atoms with E-state index in [0.717, 1.165) is 16.3 Å². The molecule has 3 nitrogen and oxygen atoms in total. The van der Waals surface area contributed by atoms with Crippen molar-refractivity contribution in [3.8, 4) is 10.6 Å². The zero-order valence-electron chi connectivity index (χ0n) is 8.47. The Morgan fingerprint density at radius 2 is 2.07 bits per heavy atom. The van der Waals surface area contributed by atoms with Crippen LogP contribution in [0.3, 0.4) is 0 Å². The van der Waals surface area contributed by atoms with Crippen LogP contribution in [0.2, 0.25) is 0 Å². The van der Waals surface area contributed by atoms with Gasteiger partial charge in [-0.25, -0.2) is 4.98 Å². The van der Waals surface area contributed by atoms with Crippen molar-refractivity contribution in [1.82, 2.24) is 9.97 Å².